The first-order valence-electron chi connectivity index (χ1n) is 5.75. The van der Waals surface area contributed by atoms with Crippen LogP contribution in [0.15, 0.2) is 18.2 Å². The summed E-state index contributed by atoms with van der Waals surface area (Å²) in [5, 5.41) is 22.5. The molecule has 0 aliphatic heterocycles. The third-order valence-corrected chi connectivity index (χ3v) is 3.20. The normalized spacial score (nSPS) is 13.3. The fraction of sp³-hybridized carbons (Fsp3) is 0.333. The summed E-state index contributed by atoms with van der Waals surface area (Å²) < 4.78 is 0. The number of hydrogen-bond acceptors (Lipinski definition) is 5. The van der Waals surface area contributed by atoms with E-state index in [1.165, 1.54) is 6.07 Å². The first-order chi connectivity index (χ1) is 9.19. The predicted octanol–water partition coefficient (Wildman–Crippen LogP) is 2.08. The van der Waals surface area contributed by atoms with Crippen molar-refractivity contribution in [3.63, 3.8) is 0 Å². The molecule has 0 fully saturated rings. The Morgan fingerprint density at radius 1 is 1.50 bits per heavy atom. The molecule has 2 N–H and O–H groups in total. The topological polar surface area (TPSA) is 110 Å². The number of nitro groups is 1. The molecule has 8 heteroatoms. The highest BCUT2D eigenvalue weighted by Gasteiger charge is 2.30. The van der Waals surface area contributed by atoms with Gasteiger partial charge in [0.05, 0.1) is 15.4 Å². The summed E-state index contributed by atoms with van der Waals surface area (Å²) in [5.74, 6) is -2.25. The van der Waals surface area contributed by atoms with E-state index in [1.54, 1.807) is 13.8 Å². The van der Waals surface area contributed by atoms with Gasteiger partial charge < -0.3 is 10.4 Å². The van der Waals surface area contributed by atoms with Crippen LogP contribution < -0.4 is 5.32 Å². The molecule has 1 atom stereocenters. The van der Waals surface area contributed by atoms with E-state index < -0.39 is 38.5 Å². The number of carboxylic acids is 1. The van der Waals surface area contributed by atoms with E-state index in [0.717, 1.165) is 12.1 Å². The average Bonchev–Trinajstić information content (AvgIpc) is 2.37. The van der Waals surface area contributed by atoms with Gasteiger partial charge in [0.1, 0.15) is 5.56 Å². The van der Waals surface area contributed by atoms with Crippen LogP contribution in [-0.4, -0.2) is 26.8 Å². The third kappa shape index (κ3) is 3.47. The molecule has 0 heterocycles. The van der Waals surface area contributed by atoms with Crippen LogP contribution >= 0.6 is 12.6 Å². The van der Waals surface area contributed by atoms with E-state index in [-0.39, 0.29) is 0 Å². The monoisotopic (exact) mass is 298 g/mol. The lowest BCUT2D eigenvalue weighted by Crippen LogP contribution is -2.41. The van der Waals surface area contributed by atoms with Gasteiger partial charge in [0.2, 0.25) is 0 Å². The van der Waals surface area contributed by atoms with Crippen molar-refractivity contribution in [3.8, 4) is 0 Å². The van der Waals surface area contributed by atoms with E-state index in [9.17, 15) is 19.7 Å². The summed E-state index contributed by atoms with van der Waals surface area (Å²) in [5.41, 5.74) is -1.45. The molecule has 108 valence electrons. The van der Waals surface area contributed by atoms with Crippen molar-refractivity contribution >= 4 is 30.2 Å². The Morgan fingerprint density at radius 2 is 2.10 bits per heavy atom. The number of carbonyl (C=O) groups excluding carboxylic acids is 1. The molecule has 20 heavy (non-hydrogen) atoms. The molecule has 1 aromatic rings. The lowest BCUT2D eigenvalue weighted by Gasteiger charge is -2.23. The van der Waals surface area contributed by atoms with Gasteiger partial charge in [0.25, 0.3) is 11.6 Å². The summed E-state index contributed by atoms with van der Waals surface area (Å²) in [7, 11) is 0. The minimum absolute atomic E-state index is 0.420. The molecule has 7 nitrogen and oxygen atoms in total. The maximum atomic E-state index is 12.1. The molecule has 0 aromatic heterocycles. The van der Waals surface area contributed by atoms with Gasteiger partial charge in [-0.3, -0.25) is 14.9 Å². The highest BCUT2D eigenvalue weighted by atomic mass is 32.1. The number of nitrogens with zero attached hydrogens (tertiary/aromatic N) is 1. The van der Waals surface area contributed by atoms with E-state index >= 15 is 0 Å². The Labute approximate surface area is 120 Å². The van der Waals surface area contributed by atoms with Crippen molar-refractivity contribution in [2.75, 3.05) is 0 Å². The molecule has 0 bridgehead atoms. The third-order valence-electron chi connectivity index (χ3n) is 2.77. The Balaban J connectivity index is 3.37. The summed E-state index contributed by atoms with van der Waals surface area (Å²) in [4.78, 5) is 32.5. The van der Waals surface area contributed by atoms with Crippen LogP contribution in [0.2, 0.25) is 0 Å². The number of carboxylic acid groups (broad SMARTS) is 1. The first-order valence-corrected chi connectivity index (χ1v) is 6.20. The number of aromatic carboxylic acids is 1. The highest BCUT2D eigenvalue weighted by Crippen LogP contribution is 2.24. The van der Waals surface area contributed by atoms with Gasteiger partial charge >= 0.3 is 5.97 Å². The largest absolute Gasteiger partial charge is 0.478 e. The van der Waals surface area contributed by atoms with Crippen molar-refractivity contribution in [3.05, 3.63) is 39.4 Å². The van der Waals surface area contributed by atoms with Crippen molar-refractivity contribution < 1.29 is 19.6 Å². The summed E-state index contributed by atoms with van der Waals surface area (Å²) in [6.07, 6.45) is 0.463. The van der Waals surface area contributed by atoms with Gasteiger partial charge in [0, 0.05) is 6.07 Å². The van der Waals surface area contributed by atoms with Crippen LogP contribution in [0.3, 0.4) is 0 Å². The van der Waals surface area contributed by atoms with E-state index in [1.807, 2.05) is 0 Å². The minimum atomic E-state index is -1.41. The van der Waals surface area contributed by atoms with Gasteiger partial charge in [-0.2, -0.15) is 12.6 Å². The maximum Gasteiger partial charge on any atom is 0.336 e. The zero-order chi connectivity index (χ0) is 15.5. The number of benzene rings is 1. The van der Waals surface area contributed by atoms with Crippen LogP contribution in [0.1, 0.15) is 41.0 Å². The second kappa shape index (κ2) is 5.91. The summed E-state index contributed by atoms with van der Waals surface area (Å²) >= 11 is 4.20. The smallest absolute Gasteiger partial charge is 0.336 e. The van der Waals surface area contributed by atoms with Crippen molar-refractivity contribution in [2.24, 2.45) is 0 Å². The van der Waals surface area contributed by atoms with Gasteiger partial charge in [-0.05, 0) is 19.4 Å². The molecule has 1 unspecified atom stereocenters. The van der Waals surface area contributed by atoms with Crippen molar-refractivity contribution in [2.45, 2.75) is 25.1 Å². The molecule has 0 saturated heterocycles. The molecule has 1 rings (SSSR count). The van der Waals surface area contributed by atoms with Crippen LogP contribution in [0.25, 0.3) is 0 Å². The first kappa shape index (κ1) is 16.0. The van der Waals surface area contributed by atoms with Crippen molar-refractivity contribution in [1.29, 1.82) is 0 Å². The SMILES string of the molecule is CCC(C)(S)NC(=O)c1c(C(=O)O)cccc1[N+](=O)[O-]. The lowest BCUT2D eigenvalue weighted by atomic mass is 10.0. The Hall–Kier alpha value is -2.09. The molecule has 0 radical (unpaired) electrons. The molecule has 0 saturated carbocycles. The quantitative estimate of drug-likeness (QED) is 0.334. The molecule has 0 aliphatic carbocycles. The molecule has 0 spiro atoms. The van der Waals surface area contributed by atoms with E-state index in [4.69, 9.17) is 5.11 Å². The molecule has 1 aromatic carbocycles. The average molecular weight is 298 g/mol. The highest BCUT2D eigenvalue weighted by molar-refractivity contribution is 7.81. The number of hydrogen-bond donors (Lipinski definition) is 3. The zero-order valence-electron chi connectivity index (χ0n) is 10.9. The number of carbonyl (C=O) groups is 2. The number of thiol groups is 1. The fourth-order valence-corrected chi connectivity index (χ4v) is 1.61. The van der Waals surface area contributed by atoms with E-state index in [0.29, 0.717) is 6.42 Å². The Morgan fingerprint density at radius 3 is 2.55 bits per heavy atom. The van der Waals surface area contributed by atoms with Gasteiger partial charge in [0.15, 0.2) is 0 Å². The standard InChI is InChI=1S/C12H14N2O5S/c1-3-12(2,20)13-10(15)9-7(11(16)17)5-4-6-8(9)14(18)19/h4-6,20H,3H2,1-2H3,(H,13,15)(H,16,17). The van der Waals surface area contributed by atoms with Gasteiger partial charge in [-0.1, -0.05) is 13.0 Å². The van der Waals surface area contributed by atoms with Crippen LogP contribution in [-0.2, 0) is 0 Å². The van der Waals surface area contributed by atoms with Crippen LogP contribution in [0.5, 0.6) is 0 Å². The second-order valence-corrected chi connectivity index (χ2v) is 5.33. The van der Waals surface area contributed by atoms with Gasteiger partial charge in [-0.15, -0.1) is 0 Å². The Kier molecular flexibility index (Phi) is 4.72. The number of rotatable bonds is 5. The Bertz CT molecular complexity index is 539. The number of nitro benzene ring substituents is 1. The summed E-state index contributed by atoms with van der Waals surface area (Å²) in [6.45, 7) is 3.38. The van der Waals surface area contributed by atoms with Crippen LogP contribution in [0, 0.1) is 10.1 Å². The number of amides is 1. The lowest BCUT2D eigenvalue weighted by molar-refractivity contribution is -0.385. The molecule has 0 aliphatic rings. The molecular weight excluding hydrogens is 284 g/mol. The van der Waals surface area contributed by atoms with Crippen LogP contribution in [0.4, 0.5) is 5.69 Å². The van der Waals surface area contributed by atoms with E-state index in [2.05, 4.69) is 17.9 Å². The van der Waals surface area contributed by atoms with Gasteiger partial charge in [-0.25, -0.2) is 4.79 Å². The second-order valence-electron chi connectivity index (χ2n) is 4.34. The molecular formula is C12H14N2O5S. The van der Waals surface area contributed by atoms with Crippen molar-refractivity contribution in [1.82, 2.24) is 5.32 Å². The summed E-state index contributed by atoms with van der Waals surface area (Å²) in [6, 6.07) is 3.45. The maximum absolute atomic E-state index is 12.1. The fourth-order valence-electron chi connectivity index (χ4n) is 1.50. The minimum Gasteiger partial charge on any atom is -0.478 e. The predicted molar refractivity (Wildman–Crippen MR) is 75.2 cm³/mol. The zero-order valence-corrected chi connectivity index (χ0v) is 11.8. The number of nitrogens with one attached hydrogen (secondary N) is 1. The molecule has 1 amide bonds.